The van der Waals surface area contributed by atoms with Crippen molar-refractivity contribution in [2.45, 2.75) is 19.8 Å². The summed E-state index contributed by atoms with van der Waals surface area (Å²) in [4.78, 5) is 36.6. The van der Waals surface area contributed by atoms with Crippen LogP contribution in [0.15, 0.2) is 36.4 Å². The molecule has 2 amide bonds. The molecule has 9 heteroatoms. The van der Waals surface area contributed by atoms with Gasteiger partial charge < -0.3 is 15.5 Å². The van der Waals surface area contributed by atoms with Gasteiger partial charge in [0.1, 0.15) is 5.82 Å². The number of rotatable bonds is 5. The molecule has 1 saturated heterocycles. The maximum atomic E-state index is 13.8. The number of nitrogens with zero attached hydrogens (tertiary/aromatic N) is 2. The smallest absolute Gasteiger partial charge is 0.270 e. The van der Waals surface area contributed by atoms with Crippen LogP contribution in [0.1, 0.15) is 30.1 Å². The lowest BCUT2D eigenvalue weighted by Gasteiger charge is -2.21. The Morgan fingerprint density at radius 3 is 2.46 bits per heavy atom. The number of benzene rings is 2. The third-order valence-corrected chi connectivity index (χ3v) is 4.42. The summed E-state index contributed by atoms with van der Waals surface area (Å²) in [5.74, 6) is -1.63. The predicted octanol–water partition coefficient (Wildman–Crippen LogP) is 3.54. The van der Waals surface area contributed by atoms with Gasteiger partial charge in [0.25, 0.3) is 11.6 Å². The third-order valence-electron chi connectivity index (χ3n) is 4.42. The maximum absolute atomic E-state index is 13.8. The van der Waals surface area contributed by atoms with Crippen molar-refractivity contribution >= 4 is 34.6 Å². The first-order valence-corrected chi connectivity index (χ1v) is 8.77. The maximum Gasteiger partial charge on any atom is 0.270 e. The van der Waals surface area contributed by atoms with Crippen LogP contribution in [-0.4, -0.2) is 29.8 Å². The van der Waals surface area contributed by atoms with Crippen molar-refractivity contribution in [2.24, 2.45) is 0 Å². The molecule has 146 valence electrons. The zero-order valence-corrected chi connectivity index (χ0v) is 15.2. The normalized spacial score (nSPS) is 13.3. The minimum absolute atomic E-state index is 0.0656. The fraction of sp³-hybridized carbons (Fsp3) is 0.263. The fourth-order valence-electron chi connectivity index (χ4n) is 3.14. The lowest BCUT2D eigenvalue weighted by molar-refractivity contribution is -0.384. The van der Waals surface area contributed by atoms with Gasteiger partial charge in [0.05, 0.1) is 21.9 Å². The number of carbonyl (C=O) groups excluding carboxylic acids is 2. The second-order valence-corrected chi connectivity index (χ2v) is 6.48. The first-order valence-electron chi connectivity index (χ1n) is 8.77. The Bertz CT molecular complexity index is 942. The number of carbonyl (C=O) groups is 2. The number of nitro benzene ring substituents is 1. The van der Waals surface area contributed by atoms with Gasteiger partial charge in [0.2, 0.25) is 5.91 Å². The van der Waals surface area contributed by atoms with Gasteiger partial charge in [-0.2, -0.15) is 0 Å². The fourth-order valence-corrected chi connectivity index (χ4v) is 3.14. The number of amides is 2. The summed E-state index contributed by atoms with van der Waals surface area (Å²) >= 11 is 0. The molecule has 1 aliphatic heterocycles. The van der Waals surface area contributed by atoms with E-state index in [4.69, 9.17) is 0 Å². The van der Waals surface area contributed by atoms with Crippen LogP contribution in [0.4, 0.5) is 27.1 Å². The number of hydrogen-bond donors (Lipinski definition) is 2. The standard InChI is InChI=1S/C19H19FN4O4/c1-12(25)21-17-10-13(4-6-16(17)20)22-19(26)15-11-14(24(27)28)5-7-18(15)23-8-2-3-9-23/h4-7,10-11H,2-3,8-9H2,1H3,(H,21,25)(H,22,26). The van der Waals surface area contributed by atoms with Gasteiger partial charge in [-0.05, 0) is 37.1 Å². The van der Waals surface area contributed by atoms with E-state index < -0.39 is 22.6 Å². The van der Waals surface area contributed by atoms with Crippen LogP contribution < -0.4 is 15.5 Å². The zero-order chi connectivity index (χ0) is 20.3. The summed E-state index contributed by atoms with van der Waals surface area (Å²) in [5.41, 5.74) is 0.788. The van der Waals surface area contributed by atoms with E-state index in [1.54, 1.807) is 6.07 Å². The Morgan fingerprint density at radius 2 is 1.82 bits per heavy atom. The van der Waals surface area contributed by atoms with Crippen LogP contribution >= 0.6 is 0 Å². The van der Waals surface area contributed by atoms with Crippen molar-refractivity contribution in [1.82, 2.24) is 0 Å². The highest BCUT2D eigenvalue weighted by atomic mass is 19.1. The largest absolute Gasteiger partial charge is 0.371 e. The molecule has 0 aliphatic carbocycles. The lowest BCUT2D eigenvalue weighted by atomic mass is 10.1. The molecule has 2 N–H and O–H groups in total. The second-order valence-electron chi connectivity index (χ2n) is 6.48. The van der Waals surface area contributed by atoms with Crippen LogP contribution in [0, 0.1) is 15.9 Å². The quantitative estimate of drug-likeness (QED) is 0.604. The monoisotopic (exact) mass is 386 g/mol. The zero-order valence-electron chi connectivity index (χ0n) is 15.2. The van der Waals surface area contributed by atoms with Crippen LogP contribution in [-0.2, 0) is 4.79 Å². The van der Waals surface area contributed by atoms with Gasteiger partial charge in [-0.3, -0.25) is 19.7 Å². The molecule has 0 spiro atoms. The molecule has 2 aromatic rings. The number of anilines is 3. The molecule has 8 nitrogen and oxygen atoms in total. The Morgan fingerprint density at radius 1 is 1.11 bits per heavy atom. The van der Waals surface area contributed by atoms with E-state index >= 15 is 0 Å². The van der Waals surface area contributed by atoms with Crippen molar-refractivity contribution in [3.8, 4) is 0 Å². The number of nitrogens with one attached hydrogen (secondary N) is 2. The van der Waals surface area contributed by atoms with Crippen LogP contribution in [0.25, 0.3) is 0 Å². The number of nitro groups is 1. The summed E-state index contributed by atoms with van der Waals surface area (Å²) < 4.78 is 13.8. The Balaban J connectivity index is 1.92. The molecule has 0 aromatic heterocycles. The van der Waals surface area contributed by atoms with E-state index in [1.165, 1.54) is 31.2 Å². The molecular formula is C19H19FN4O4. The molecule has 0 saturated carbocycles. The topological polar surface area (TPSA) is 105 Å². The second kappa shape index (κ2) is 8.03. The van der Waals surface area contributed by atoms with E-state index in [2.05, 4.69) is 10.6 Å². The highest BCUT2D eigenvalue weighted by Gasteiger charge is 2.23. The van der Waals surface area contributed by atoms with E-state index in [0.717, 1.165) is 32.0 Å². The number of halogens is 1. The van der Waals surface area contributed by atoms with Gasteiger partial charge in [-0.25, -0.2) is 4.39 Å². The van der Waals surface area contributed by atoms with Gasteiger partial charge in [-0.15, -0.1) is 0 Å². The SMILES string of the molecule is CC(=O)Nc1cc(NC(=O)c2cc([N+](=O)[O-])ccc2N2CCCC2)ccc1F. The minimum atomic E-state index is -0.638. The average Bonchev–Trinajstić information content (AvgIpc) is 3.18. The first kappa shape index (κ1) is 19.3. The summed E-state index contributed by atoms with van der Waals surface area (Å²) in [6, 6.07) is 7.95. The van der Waals surface area contributed by atoms with E-state index in [-0.39, 0.29) is 22.6 Å². The van der Waals surface area contributed by atoms with Crippen molar-refractivity contribution in [1.29, 1.82) is 0 Å². The summed E-state index contributed by atoms with van der Waals surface area (Å²) in [6.45, 7) is 2.78. The summed E-state index contributed by atoms with van der Waals surface area (Å²) in [5, 5.41) is 16.1. The Kier molecular flexibility index (Phi) is 5.53. The molecule has 28 heavy (non-hydrogen) atoms. The van der Waals surface area contributed by atoms with Gasteiger partial charge in [-0.1, -0.05) is 0 Å². The molecule has 0 bridgehead atoms. The molecule has 1 heterocycles. The molecule has 1 fully saturated rings. The highest BCUT2D eigenvalue weighted by molar-refractivity contribution is 6.09. The minimum Gasteiger partial charge on any atom is -0.371 e. The van der Waals surface area contributed by atoms with Crippen molar-refractivity contribution in [2.75, 3.05) is 28.6 Å². The van der Waals surface area contributed by atoms with Crippen LogP contribution in [0.2, 0.25) is 0 Å². The van der Waals surface area contributed by atoms with E-state index in [9.17, 15) is 24.1 Å². The average molecular weight is 386 g/mol. The number of hydrogen-bond acceptors (Lipinski definition) is 5. The Hall–Kier alpha value is -3.49. The summed E-state index contributed by atoms with van der Waals surface area (Å²) in [7, 11) is 0. The first-order chi connectivity index (χ1) is 13.3. The van der Waals surface area contributed by atoms with Crippen molar-refractivity contribution in [3.63, 3.8) is 0 Å². The lowest BCUT2D eigenvalue weighted by Crippen LogP contribution is -2.23. The molecule has 1 aliphatic rings. The predicted molar refractivity (Wildman–Crippen MR) is 103 cm³/mol. The molecule has 0 radical (unpaired) electrons. The molecule has 0 atom stereocenters. The number of non-ortho nitro benzene ring substituents is 1. The molecule has 3 rings (SSSR count). The highest BCUT2D eigenvalue weighted by Crippen LogP contribution is 2.29. The molecule has 2 aromatic carbocycles. The van der Waals surface area contributed by atoms with Gasteiger partial charge in [0.15, 0.2) is 0 Å². The van der Waals surface area contributed by atoms with Crippen LogP contribution in [0.3, 0.4) is 0 Å². The van der Waals surface area contributed by atoms with Crippen LogP contribution in [0.5, 0.6) is 0 Å². The van der Waals surface area contributed by atoms with Gasteiger partial charge >= 0.3 is 0 Å². The molecular weight excluding hydrogens is 367 g/mol. The van der Waals surface area contributed by atoms with Crippen molar-refractivity contribution in [3.05, 3.63) is 57.9 Å². The Labute approximate surface area is 160 Å². The molecule has 0 unspecified atom stereocenters. The van der Waals surface area contributed by atoms with Gasteiger partial charge in [0, 0.05) is 37.8 Å². The third kappa shape index (κ3) is 4.25. The van der Waals surface area contributed by atoms with Crippen molar-refractivity contribution < 1.29 is 18.9 Å². The van der Waals surface area contributed by atoms with E-state index in [1.807, 2.05) is 4.90 Å². The summed E-state index contributed by atoms with van der Waals surface area (Å²) in [6.07, 6.45) is 1.96. The van der Waals surface area contributed by atoms with E-state index in [0.29, 0.717) is 5.69 Å².